The molecule has 0 N–H and O–H groups in total. The Balaban J connectivity index is 1.52. The molecule has 0 unspecified atom stereocenters. The first-order valence-corrected chi connectivity index (χ1v) is 10.4. The molecule has 0 radical (unpaired) electrons. The smallest absolute Gasteiger partial charge is 0.270 e. The van der Waals surface area contributed by atoms with Gasteiger partial charge in [0.05, 0.1) is 36.5 Å². The quantitative estimate of drug-likeness (QED) is 0.536. The molecule has 2 aromatic carbocycles. The van der Waals surface area contributed by atoms with Crippen LogP contribution in [0.1, 0.15) is 10.4 Å². The summed E-state index contributed by atoms with van der Waals surface area (Å²) in [6.07, 6.45) is 0. The first-order valence-electron chi connectivity index (χ1n) is 10.4. The number of nitrogens with zero attached hydrogens (tertiary/aromatic N) is 4. The summed E-state index contributed by atoms with van der Waals surface area (Å²) in [7, 11) is 1.64. The molecule has 9 heteroatoms. The number of carbonyl (C=O) groups is 1. The Labute approximate surface area is 180 Å². The van der Waals surface area contributed by atoms with E-state index in [1.165, 1.54) is 12.1 Å². The molecule has 31 heavy (non-hydrogen) atoms. The number of ether oxygens (including phenoxy) is 2. The van der Waals surface area contributed by atoms with Crippen molar-refractivity contribution in [1.29, 1.82) is 0 Å². The Morgan fingerprint density at radius 3 is 2.42 bits per heavy atom. The number of non-ortho nitro benzene ring substituents is 1. The normalized spacial score (nSPS) is 16.9. The van der Waals surface area contributed by atoms with Gasteiger partial charge in [-0.15, -0.1) is 0 Å². The minimum atomic E-state index is -0.458. The first-order chi connectivity index (χ1) is 15.1. The number of nitro groups is 1. The van der Waals surface area contributed by atoms with Gasteiger partial charge in [0.25, 0.3) is 11.6 Å². The molecule has 9 nitrogen and oxygen atoms in total. The maximum atomic E-state index is 13.4. The molecular formula is C22H26N4O5. The topological polar surface area (TPSA) is 88.4 Å². The van der Waals surface area contributed by atoms with Crippen LogP contribution in [0.3, 0.4) is 0 Å². The molecular weight excluding hydrogens is 400 g/mol. The highest BCUT2D eigenvalue weighted by Gasteiger charge is 2.28. The summed E-state index contributed by atoms with van der Waals surface area (Å²) in [5.41, 5.74) is 2.09. The van der Waals surface area contributed by atoms with Gasteiger partial charge in [0.2, 0.25) is 0 Å². The molecule has 2 fully saturated rings. The third-order valence-corrected chi connectivity index (χ3v) is 5.76. The van der Waals surface area contributed by atoms with Gasteiger partial charge in [0, 0.05) is 63.2 Å². The number of benzene rings is 2. The number of methoxy groups -OCH3 is 1. The van der Waals surface area contributed by atoms with Crippen molar-refractivity contribution in [1.82, 2.24) is 4.90 Å². The van der Waals surface area contributed by atoms with Crippen LogP contribution in [-0.4, -0.2) is 75.3 Å². The number of piperazine rings is 1. The minimum absolute atomic E-state index is 0.0737. The van der Waals surface area contributed by atoms with Gasteiger partial charge in [0.15, 0.2) is 0 Å². The summed E-state index contributed by atoms with van der Waals surface area (Å²) in [5.74, 6) is 0.623. The third-order valence-electron chi connectivity index (χ3n) is 5.76. The largest absolute Gasteiger partial charge is 0.497 e. The number of nitro benzene ring substituents is 1. The van der Waals surface area contributed by atoms with Gasteiger partial charge in [-0.3, -0.25) is 14.9 Å². The van der Waals surface area contributed by atoms with E-state index in [1.807, 2.05) is 24.3 Å². The standard InChI is InChI=1S/C22H26N4O5/c1-30-19-4-2-3-17(15-19)23-7-9-25(10-8-23)22(27)20-16-18(26(28)29)5-6-21(20)24-11-13-31-14-12-24/h2-6,15-16H,7-14H2,1H3. The lowest BCUT2D eigenvalue weighted by atomic mass is 10.1. The van der Waals surface area contributed by atoms with Gasteiger partial charge in [-0.25, -0.2) is 0 Å². The van der Waals surface area contributed by atoms with Gasteiger partial charge in [0.1, 0.15) is 5.75 Å². The zero-order chi connectivity index (χ0) is 21.8. The van der Waals surface area contributed by atoms with Crippen molar-refractivity contribution in [3.8, 4) is 5.75 Å². The van der Waals surface area contributed by atoms with Gasteiger partial charge in [-0.2, -0.15) is 0 Å². The molecule has 0 bridgehead atoms. The molecule has 2 heterocycles. The van der Waals surface area contributed by atoms with Crippen LogP contribution in [0.25, 0.3) is 0 Å². The molecule has 0 aromatic heterocycles. The van der Waals surface area contributed by atoms with Crippen molar-refractivity contribution in [3.63, 3.8) is 0 Å². The minimum Gasteiger partial charge on any atom is -0.497 e. The average Bonchev–Trinajstić information content (AvgIpc) is 2.84. The molecule has 2 aliphatic rings. The second-order valence-corrected chi connectivity index (χ2v) is 7.54. The van der Waals surface area contributed by atoms with Gasteiger partial charge >= 0.3 is 0 Å². The number of hydrogen-bond acceptors (Lipinski definition) is 7. The molecule has 0 aliphatic carbocycles. The molecule has 0 spiro atoms. The van der Waals surface area contributed by atoms with Gasteiger partial charge in [-0.05, 0) is 18.2 Å². The third kappa shape index (κ3) is 4.56. The zero-order valence-corrected chi connectivity index (χ0v) is 17.5. The van der Waals surface area contributed by atoms with Crippen molar-refractivity contribution >= 4 is 23.0 Å². The van der Waals surface area contributed by atoms with Crippen molar-refractivity contribution < 1.29 is 19.2 Å². The van der Waals surface area contributed by atoms with Crippen LogP contribution in [0.5, 0.6) is 5.75 Å². The van der Waals surface area contributed by atoms with E-state index in [0.717, 1.165) is 17.1 Å². The predicted molar refractivity (Wildman–Crippen MR) is 117 cm³/mol. The summed E-state index contributed by atoms with van der Waals surface area (Å²) < 4.78 is 10.7. The van der Waals surface area contributed by atoms with Crippen LogP contribution >= 0.6 is 0 Å². The van der Waals surface area contributed by atoms with E-state index >= 15 is 0 Å². The molecule has 164 valence electrons. The summed E-state index contributed by atoms with van der Waals surface area (Å²) >= 11 is 0. The molecule has 0 atom stereocenters. The molecule has 2 saturated heterocycles. The molecule has 4 rings (SSSR count). The maximum Gasteiger partial charge on any atom is 0.270 e. The summed E-state index contributed by atoms with van der Waals surface area (Å²) in [6, 6.07) is 12.4. The van der Waals surface area contributed by atoms with Crippen LogP contribution in [0.4, 0.5) is 17.1 Å². The van der Waals surface area contributed by atoms with Crippen LogP contribution in [0, 0.1) is 10.1 Å². The Bertz CT molecular complexity index is 953. The van der Waals surface area contributed by atoms with Crippen molar-refractivity contribution in [2.75, 3.05) is 69.4 Å². The first kappa shape index (κ1) is 20.9. The lowest BCUT2D eigenvalue weighted by molar-refractivity contribution is -0.384. The van der Waals surface area contributed by atoms with Gasteiger partial charge < -0.3 is 24.2 Å². The number of amides is 1. The molecule has 2 aromatic rings. The van der Waals surface area contributed by atoms with Crippen LogP contribution in [-0.2, 0) is 4.74 Å². The highest BCUT2D eigenvalue weighted by molar-refractivity contribution is 6.00. The maximum absolute atomic E-state index is 13.4. The summed E-state index contributed by atoms with van der Waals surface area (Å²) in [4.78, 5) is 30.3. The average molecular weight is 426 g/mol. The predicted octanol–water partition coefficient (Wildman–Crippen LogP) is 2.40. The Morgan fingerprint density at radius 2 is 1.74 bits per heavy atom. The van der Waals surface area contributed by atoms with Crippen LogP contribution < -0.4 is 14.5 Å². The fourth-order valence-electron chi connectivity index (χ4n) is 4.03. The summed E-state index contributed by atoms with van der Waals surface area (Å²) in [6.45, 7) is 4.90. The van der Waals surface area contributed by atoms with Crippen molar-refractivity contribution in [3.05, 3.63) is 58.1 Å². The van der Waals surface area contributed by atoms with E-state index in [2.05, 4.69) is 9.80 Å². The van der Waals surface area contributed by atoms with E-state index in [4.69, 9.17) is 9.47 Å². The number of hydrogen-bond donors (Lipinski definition) is 0. The molecule has 0 saturated carbocycles. The second kappa shape index (κ2) is 9.22. The van der Waals surface area contributed by atoms with E-state index in [1.54, 1.807) is 18.1 Å². The SMILES string of the molecule is COc1cccc(N2CCN(C(=O)c3cc([N+](=O)[O-])ccc3N3CCOCC3)CC2)c1. The fourth-order valence-corrected chi connectivity index (χ4v) is 4.03. The van der Waals surface area contributed by atoms with E-state index < -0.39 is 4.92 Å². The van der Waals surface area contributed by atoms with Gasteiger partial charge in [-0.1, -0.05) is 6.07 Å². The van der Waals surface area contributed by atoms with Crippen LogP contribution in [0.2, 0.25) is 0 Å². The number of morpholine rings is 1. The van der Waals surface area contributed by atoms with Crippen molar-refractivity contribution in [2.24, 2.45) is 0 Å². The Morgan fingerprint density at radius 1 is 1.00 bits per heavy atom. The summed E-state index contributed by atoms with van der Waals surface area (Å²) in [5, 5.41) is 11.3. The number of rotatable bonds is 5. The highest BCUT2D eigenvalue weighted by atomic mass is 16.6. The lowest BCUT2D eigenvalue weighted by Crippen LogP contribution is -2.49. The molecule has 2 aliphatic heterocycles. The van der Waals surface area contributed by atoms with E-state index in [0.29, 0.717) is 58.0 Å². The Kier molecular flexibility index (Phi) is 6.22. The fraction of sp³-hybridized carbons (Fsp3) is 0.409. The second-order valence-electron chi connectivity index (χ2n) is 7.54. The molecule has 1 amide bonds. The highest BCUT2D eigenvalue weighted by Crippen LogP contribution is 2.29. The van der Waals surface area contributed by atoms with E-state index in [9.17, 15) is 14.9 Å². The zero-order valence-electron chi connectivity index (χ0n) is 17.5. The van der Waals surface area contributed by atoms with Crippen LogP contribution in [0.15, 0.2) is 42.5 Å². The number of anilines is 2. The monoisotopic (exact) mass is 426 g/mol. The van der Waals surface area contributed by atoms with Crippen molar-refractivity contribution in [2.45, 2.75) is 0 Å². The number of carbonyl (C=O) groups excluding carboxylic acids is 1. The Hall–Kier alpha value is -3.33. The lowest BCUT2D eigenvalue weighted by Gasteiger charge is -2.37. The van der Waals surface area contributed by atoms with E-state index in [-0.39, 0.29) is 11.6 Å².